The number of amides is 2. The smallest absolute Gasteiger partial charge is 0.260 e. The molecule has 6 heteroatoms. The molecule has 3 aliphatic heterocycles. The van der Waals surface area contributed by atoms with E-state index < -0.39 is 0 Å². The molecule has 3 heterocycles. The maximum absolute atomic E-state index is 12.8. The van der Waals surface area contributed by atoms with E-state index in [-0.39, 0.29) is 24.5 Å². The largest absolute Gasteiger partial charge is 0.483 e. The molecule has 0 saturated carbocycles. The van der Waals surface area contributed by atoms with E-state index in [9.17, 15) is 9.59 Å². The van der Waals surface area contributed by atoms with Crippen LogP contribution in [0.2, 0.25) is 0 Å². The van der Waals surface area contributed by atoms with Crippen LogP contribution in [0.5, 0.6) is 5.75 Å². The summed E-state index contributed by atoms with van der Waals surface area (Å²) >= 11 is 0. The number of likely N-dealkylation sites (tertiary alicyclic amines) is 1. The molecule has 0 spiro atoms. The van der Waals surface area contributed by atoms with Crippen molar-refractivity contribution in [1.29, 1.82) is 0 Å². The summed E-state index contributed by atoms with van der Waals surface area (Å²) in [4.78, 5) is 27.1. The minimum atomic E-state index is -0.0153. The highest BCUT2D eigenvalue weighted by molar-refractivity contribution is 5.95. The molecule has 29 heavy (non-hydrogen) atoms. The van der Waals surface area contributed by atoms with Crippen LogP contribution in [0.25, 0.3) is 0 Å². The summed E-state index contributed by atoms with van der Waals surface area (Å²) in [6.07, 6.45) is 7.82. The SMILES string of the molecule is Cc1cc(C(=O)NC2CC3CCC(C2)N3)cc(C)c1OCC(=O)N1CCCCC1. The molecular formula is C23H33N3O3. The molecule has 6 nitrogen and oxygen atoms in total. The maximum atomic E-state index is 12.8. The molecule has 4 rings (SSSR count). The van der Waals surface area contributed by atoms with Crippen molar-refractivity contribution in [2.75, 3.05) is 19.7 Å². The summed E-state index contributed by atoms with van der Waals surface area (Å²) in [7, 11) is 0. The second-order valence-electron chi connectivity index (χ2n) is 8.95. The maximum Gasteiger partial charge on any atom is 0.260 e. The third kappa shape index (κ3) is 4.74. The van der Waals surface area contributed by atoms with E-state index in [4.69, 9.17) is 4.74 Å². The quantitative estimate of drug-likeness (QED) is 0.799. The van der Waals surface area contributed by atoms with Crippen molar-refractivity contribution in [2.24, 2.45) is 0 Å². The predicted molar refractivity (Wildman–Crippen MR) is 112 cm³/mol. The molecule has 158 valence electrons. The highest BCUT2D eigenvalue weighted by atomic mass is 16.5. The monoisotopic (exact) mass is 399 g/mol. The number of hydrogen-bond donors (Lipinski definition) is 2. The second kappa shape index (κ2) is 8.74. The number of hydrogen-bond acceptors (Lipinski definition) is 4. The number of aryl methyl sites for hydroxylation is 2. The lowest BCUT2D eigenvalue weighted by molar-refractivity contribution is -0.134. The third-order valence-corrected chi connectivity index (χ3v) is 6.58. The Morgan fingerprint density at radius 3 is 2.31 bits per heavy atom. The van der Waals surface area contributed by atoms with Gasteiger partial charge in [0.1, 0.15) is 5.75 Å². The van der Waals surface area contributed by atoms with Gasteiger partial charge in [0.15, 0.2) is 6.61 Å². The van der Waals surface area contributed by atoms with E-state index in [1.807, 2.05) is 30.9 Å². The van der Waals surface area contributed by atoms with Crippen LogP contribution in [0.4, 0.5) is 0 Å². The van der Waals surface area contributed by atoms with Gasteiger partial charge in [-0.3, -0.25) is 9.59 Å². The van der Waals surface area contributed by atoms with Crippen molar-refractivity contribution in [2.45, 2.75) is 76.9 Å². The van der Waals surface area contributed by atoms with Gasteiger partial charge >= 0.3 is 0 Å². The molecule has 2 atom stereocenters. The van der Waals surface area contributed by atoms with E-state index in [0.29, 0.717) is 23.4 Å². The van der Waals surface area contributed by atoms with E-state index >= 15 is 0 Å². The van der Waals surface area contributed by atoms with Crippen LogP contribution in [0.15, 0.2) is 12.1 Å². The Morgan fingerprint density at radius 1 is 1.07 bits per heavy atom. The molecule has 0 aliphatic carbocycles. The van der Waals surface area contributed by atoms with Crippen molar-refractivity contribution in [3.05, 3.63) is 28.8 Å². The number of carbonyl (C=O) groups is 2. The first-order chi connectivity index (χ1) is 14.0. The van der Waals surface area contributed by atoms with Gasteiger partial charge < -0.3 is 20.3 Å². The molecule has 1 aromatic rings. The average molecular weight is 400 g/mol. The fraction of sp³-hybridized carbons (Fsp3) is 0.652. The number of nitrogens with one attached hydrogen (secondary N) is 2. The number of rotatable bonds is 5. The highest BCUT2D eigenvalue weighted by Gasteiger charge is 2.34. The molecule has 2 N–H and O–H groups in total. The van der Waals surface area contributed by atoms with E-state index in [1.54, 1.807) is 0 Å². The summed E-state index contributed by atoms with van der Waals surface area (Å²) in [5.74, 6) is 0.746. The first-order valence-corrected chi connectivity index (χ1v) is 11.1. The van der Waals surface area contributed by atoms with Crippen LogP contribution < -0.4 is 15.4 Å². The zero-order valence-electron chi connectivity index (χ0n) is 17.6. The van der Waals surface area contributed by atoms with Gasteiger partial charge in [-0.25, -0.2) is 0 Å². The molecule has 3 aliphatic rings. The summed E-state index contributed by atoms with van der Waals surface area (Å²) < 4.78 is 5.87. The standard InChI is InChI=1S/C23H33N3O3/c1-15-10-17(23(28)25-20-12-18-6-7-19(13-20)24-18)11-16(2)22(15)29-14-21(27)26-8-4-3-5-9-26/h10-11,18-20,24H,3-9,12-14H2,1-2H3,(H,25,28). The van der Waals surface area contributed by atoms with Crippen molar-refractivity contribution in [1.82, 2.24) is 15.5 Å². The van der Waals surface area contributed by atoms with Crippen molar-refractivity contribution in [3.63, 3.8) is 0 Å². The van der Waals surface area contributed by atoms with Crippen LogP contribution in [-0.2, 0) is 4.79 Å². The Bertz CT molecular complexity index is 738. The average Bonchev–Trinajstić information content (AvgIpc) is 3.05. The topological polar surface area (TPSA) is 70.7 Å². The predicted octanol–water partition coefficient (Wildman–Crippen LogP) is 2.71. The molecule has 1 aromatic carbocycles. The van der Waals surface area contributed by atoms with Gasteiger partial charge in [-0.15, -0.1) is 0 Å². The Balaban J connectivity index is 1.36. The number of fused-ring (bicyclic) bond motifs is 2. The summed E-state index contributed by atoms with van der Waals surface area (Å²) in [6.45, 7) is 5.60. The number of ether oxygens (including phenoxy) is 1. The fourth-order valence-corrected chi connectivity index (χ4v) is 5.12. The molecule has 3 fully saturated rings. The molecular weight excluding hydrogens is 366 g/mol. The molecule has 0 aromatic heterocycles. The Hall–Kier alpha value is -2.08. The van der Waals surface area contributed by atoms with E-state index in [0.717, 1.165) is 49.9 Å². The van der Waals surface area contributed by atoms with Gasteiger partial charge in [-0.1, -0.05) is 0 Å². The Morgan fingerprint density at radius 2 is 1.69 bits per heavy atom. The van der Waals surface area contributed by atoms with Gasteiger partial charge in [-0.05, 0) is 82.1 Å². The van der Waals surface area contributed by atoms with Crippen LogP contribution in [0.1, 0.15) is 66.4 Å². The number of nitrogens with zero attached hydrogens (tertiary/aromatic N) is 1. The van der Waals surface area contributed by atoms with Crippen molar-refractivity contribution >= 4 is 11.8 Å². The Labute approximate surface area is 173 Å². The van der Waals surface area contributed by atoms with E-state index in [2.05, 4.69) is 10.6 Å². The number of piperidine rings is 2. The van der Waals surface area contributed by atoms with Crippen molar-refractivity contribution in [3.8, 4) is 5.75 Å². The lowest BCUT2D eigenvalue weighted by Crippen LogP contribution is -2.48. The third-order valence-electron chi connectivity index (χ3n) is 6.58. The molecule has 2 unspecified atom stereocenters. The minimum absolute atomic E-state index is 0.0153. The lowest BCUT2D eigenvalue weighted by Gasteiger charge is -2.29. The fourth-order valence-electron chi connectivity index (χ4n) is 5.12. The van der Waals surface area contributed by atoms with Crippen LogP contribution in [-0.4, -0.2) is 54.5 Å². The first-order valence-electron chi connectivity index (χ1n) is 11.1. The molecule has 2 bridgehead atoms. The van der Waals surface area contributed by atoms with Crippen LogP contribution in [0.3, 0.4) is 0 Å². The Kier molecular flexibility index (Phi) is 6.09. The minimum Gasteiger partial charge on any atom is -0.483 e. The van der Waals surface area contributed by atoms with E-state index in [1.165, 1.54) is 19.3 Å². The molecule has 3 saturated heterocycles. The van der Waals surface area contributed by atoms with Gasteiger partial charge in [0.05, 0.1) is 0 Å². The van der Waals surface area contributed by atoms with Gasteiger partial charge in [0.2, 0.25) is 0 Å². The van der Waals surface area contributed by atoms with Gasteiger partial charge in [0.25, 0.3) is 11.8 Å². The number of carbonyl (C=O) groups excluding carboxylic acids is 2. The zero-order valence-corrected chi connectivity index (χ0v) is 17.6. The molecule has 2 amide bonds. The first kappa shape index (κ1) is 20.2. The molecule has 0 radical (unpaired) electrons. The van der Waals surface area contributed by atoms with Crippen LogP contribution in [0, 0.1) is 13.8 Å². The second-order valence-corrected chi connectivity index (χ2v) is 8.95. The van der Waals surface area contributed by atoms with Crippen LogP contribution >= 0.6 is 0 Å². The summed E-state index contributed by atoms with van der Waals surface area (Å²) in [5.41, 5.74) is 2.46. The van der Waals surface area contributed by atoms with Gasteiger partial charge in [0, 0.05) is 36.8 Å². The number of benzene rings is 1. The van der Waals surface area contributed by atoms with Gasteiger partial charge in [-0.2, -0.15) is 0 Å². The lowest BCUT2D eigenvalue weighted by atomic mass is 9.99. The van der Waals surface area contributed by atoms with Crippen molar-refractivity contribution < 1.29 is 14.3 Å². The summed E-state index contributed by atoms with van der Waals surface area (Å²) in [6, 6.07) is 5.10. The zero-order chi connectivity index (χ0) is 20.4. The normalized spacial score (nSPS) is 26.3. The summed E-state index contributed by atoms with van der Waals surface area (Å²) in [5, 5.41) is 6.83. The highest BCUT2D eigenvalue weighted by Crippen LogP contribution is 2.28.